The Kier molecular flexibility index (Phi) is 9.27. The minimum atomic E-state index is 0.0310. The van der Waals surface area contributed by atoms with Gasteiger partial charge in [-0.05, 0) is 143 Å². The summed E-state index contributed by atoms with van der Waals surface area (Å²) in [5.41, 5.74) is 12.7. The number of halogens is 1. The Labute approximate surface area is 350 Å². The molecule has 302 valence electrons. The Bertz CT molecular complexity index is 2290. The SMILES string of the molecule is Cc1cc(N(c2ccc3c(c2)OCCO3)c2ccc3c(c2)OCCO3)c(Cl)c(N(c2ccc3c(c2)C(C)(C)CCC3(C)C)c2ccc3c(c2)C(C)(C)CCC3(C)C)c1. The molecule has 4 aliphatic rings. The van der Waals surface area contributed by atoms with Gasteiger partial charge in [0.2, 0.25) is 0 Å². The van der Waals surface area contributed by atoms with Crippen molar-refractivity contribution in [2.45, 2.75) is 110 Å². The highest BCUT2D eigenvalue weighted by Crippen LogP contribution is 2.54. The predicted octanol–water partition coefficient (Wildman–Crippen LogP) is 13.8. The molecule has 0 atom stereocenters. The van der Waals surface area contributed by atoms with Crippen molar-refractivity contribution in [3.63, 3.8) is 0 Å². The number of nitrogens with zero attached hydrogens (tertiary/aromatic N) is 2. The van der Waals surface area contributed by atoms with Crippen LogP contribution in [0.25, 0.3) is 0 Å². The number of anilines is 6. The van der Waals surface area contributed by atoms with Crippen molar-refractivity contribution in [3.05, 3.63) is 118 Å². The minimum absolute atomic E-state index is 0.0310. The monoisotopic (exact) mass is 796 g/mol. The highest BCUT2D eigenvalue weighted by atomic mass is 35.5. The molecule has 2 heterocycles. The van der Waals surface area contributed by atoms with Crippen molar-refractivity contribution in [2.75, 3.05) is 36.2 Å². The zero-order valence-corrected chi connectivity index (χ0v) is 36.4. The molecule has 0 fully saturated rings. The van der Waals surface area contributed by atoms with Crippen molar-refractivity contribution < 1.29 is 18.9 Å². The lowest BCUT2D eigenvalue weighted by Crippen LogP contribution is -2.34. The summed E-state index contributed by atoms with van der Waals surface area (Å²) < 4.78 is 24.2. The number of fused-ring (bicyclic) bond motifs is 4. The van der Waals surface area contributed by atoms with E-state index in [9.17, 15) is 0 Å². The summed E-state index contributed by atoms with van der Waals surface area (Å²) in [6, 6.07) is 30.9. The lowest BCUT2D eigenvalue weighted by molar-refractivity contribution is 0.171. The van der Waals surface area contributed by atoms with Gasteiger partial charge in [-0.1, -0.05) is 79.1 Å². The van der Waals surface area contributed by atoms with Crippen LogP contribution in [0.1, 0.15) is 109 Å². The Balaban J connectivity index is 1.28. The van der Waals surface area contributed by atoms with E-state index in [1.165, 1.54) is 22.3 Å². The number of hydrogen-bond donors (Lipinski definition) is 0. The molecular weight excluding hydrogens is 740 g/mol. The molecule has 2 aliphatic heterocycles. The van der Waals surface area contributed by atoms with E-state index >= 15 is 0 Å². The number of hydrogen-bond acceptors (Lipinski definition) is 6. The van der Waals surface area contributed by atoms with E-state index in [1.54, 1.807) is 0 Å². The van der Waals surface area contributed by atoms with Gasteiger partial charge in [-0.3, -0.25) is 0 Å². The van der Waals surface area contributed by atoms with Crippen molar-refractivity contribution in [1.82, 2.24) is 0 Å². The molecule has 5 aromatic carbocycles. The highest BCUT2D eigenvalue weighted by molar-refractivity contribution is 6.36. The minimum Gasteiger partial charge on any atom is -0.486 e. The van der Waals surface area contributed by atoms with Crippen LogP contribution in [0.3, 0.4) is 0 Å². The molecule has 0 N–H and O–H groups in total. The average molecular weight is 797 g/mol. The summed E-state index contributed by atoms with van der Waals surface area (Å²) in [4.78, 5) is 4.60. The van der Waals surface area contributed by atoms with Crippen LogP contribution in [-0.2, 0) is 21.7 Å². The average Bonchev–Trinajstić information content (AvgIpc) is 3.20. The van der Waals surface area contributed by atoms with Gasteiger partial charge in [0, 0.05) is 23.5 Å². The number of rotatable bonds is 6. The Morgan fingerprint density at radius 1 is 0.414 bits per heavy atom. The third kappa shape index (κ3) is 6.66. The Hall–Kier alpha value is -4.81. The van der Waals surface area contributed by atoms with Crippen LogP contribution in [0.2, 0.25) is 5.02 Å². The molecule has 58 heavy (non-hydrogen) atoms. The summed E-state index contributed by atoms with van der Waals surface area (Å²) in [5, 5.41) is 0.630. The van der Waals surface area contributed by atoms with Crippen molar-refractivity contribution in [3.8, 4) is 23.0 Å². The van der Waals surface area contributed by atoms with Gasteiger partial charge in [0.15, 0.2) is 23.0 Å². The second kappa shape index (κ2) is 13.9. The van der Waals surface area contributed by atoms with Gasteiger partial charge in [0.05, 0.1) is 27.8 Å². The fourth-order valence-corrected chi connectivity index (χ4v) is 9.96. The van der Waals surface area contributed by atoms with Gasteiger partial charge in [0.1, 0.15) is 26.4 Å². The number of aryl methyl sites for hydroxylation is 1. The lowest BCUT2D eigenvalue weighted by Gasteiger charge is -2.43. The molecule has 0 radical (unpaired) electrons. The van der Waals surface area contributed by atoms with Gasteiger partial charge >= 0.3 is 0 Å². The van der Waals surface area contributed by atoms with E-state index in [1.807, 2.05) is 24.3 Å². The Morgan fingerprint density at radius 2 is 0.741 bits per heavy atom. The smallest absolute Gasteiger partial charge is 0.163 e. The normalized spacial score (nSPS) is 19.1. The van der Waals surface area contributed by atoms with E-state index in [0.717, 1.165) is 76.9 Å². The van der Waals surface area contributed by atoms with E-state index in [-0.39, 0.29) is 21.7 Å². The second-order valence-corrected chi connectivity index (χ2v) is 19.8. The third-order valence-electron chi connectivity index (χ3n) is 13.4. The molecule has 0 saturated heterocycles. The van der Waals surface area contributed by atoms with E-state index in [0.29, 0.717) is 42.9 Å². The molecule has 6 nitrogen and oxygen atoms in total. The van der Waals surface area contributed by atoms with Crippen LogP contribution in [-0.4, -0.2) is 26.4 Å². The van der Waals surface area contributed by atoms with Gasteiger partial charge < -0.3 is 28.7 Å². The van der Waals surface area contributed by atoms with Crippen LogP contribution in [0.4, 0.5) is 34.1 Å². The fraction of sp³-hybridized carbons (Fsp3) is 0.412. The molecule has 0 bridgehead atoms. The largest absolute Gasteiger partial charge is 0.486 e. The first-order valence-corrected chi connectivity index (χ1v) is 21.4. The number of ether oxygens (including phenoxy) is 4. The van der Waals surface area contributed by atoms with Gasteiger partial charge in [0.25, 0.3) is 0 Å². The molecule has 2 aliphatic carbocycles. The maximum atomic E-state index is 7.95. The number of benzene rings is 5. The summed E-state index contributed by atoms with van der Waals surface area (Å²) in [7, 11) is 0. The summed E-state index contributed by atoms with van der Waals surface area (Å²) >= 11 is 7.95. The van der Waals surface area contributed by atoms with Crippen LogP contribution >= 0.6 is 11.6 Å². The standard InChI is InChI=1S/C51H57ClN2O4/c1-32-26-41(47(52)42(27-32)54(35-12-16-43-45(30-35)57-24-22-55-43)36-13-17-44-46(31-36)58-25-23-56-44)53(33-10-14-37-39(28-33)50(6,7)20-18-48(37,2)3)34-11-15-38-40(29-34)51(8,9)21-19-49(38,4)5/h10-17,26-31H,18-25H2,1-9H3. The zero-order chi connectivity index (χ0) is 40.8. The first-order chi connectivity index (χ1) is 27.5. The van der Waals surface area contributed by atoms with Crippen LogP contribution in [0, 0.1) is 6.92 Å². The summed E-state index contributed by atoms with van der Waals surface area (Å²) in [6.07, 6.45) is 4.59. The molecule has 5 aromatic rings. The quantitative estimate of drug-likeness (QED) is 0.170. The molecule has 7 heteroatoms. The van der Waals surface area contributed by atoms with Crippen molar-refractivity contribution in [2.24, 2.45) is 0 Å². The van der Waals surface area contributed by atoms with Gasteiger partial charge in [-0.25, -0.2) is 0 Å². The van der Waals surface area contributed by atoms with E-state index < -0.39 is 0 Å². The topological polar surface area (TPSA) is 43.4 Å². The second-order valence-electron chi connectivity index (χ2n) is 19.4. The summed E-state index contributed by atoms with van der Waals surface area (Å²) in [6.45, 7) is 23.3. The van der Waals surface area contributed by atoms with Gasteiger partial charge in [-0.2, -0.15) is 0 Å². The zero-order valence-electron chi connectivity index (χ0n) is 35.6. The molecule has 0 amide bonds. The van der Waals surface area contributed by atoms with Crippen molar-refractivity contribution >= 4 is 45.7 Å². The maximum absolute atomic E-state index is 7.95. The first kappa shape index (κ1) is 38.7. The molecule has 9 rings (SSSR count). The fourth-order valence-electron chi connectivity index (χ4n) is 9.68. The molecule has 0 saturated carbocycles. The highest BCUT2D eigenvalue weighted by Gasteiger charge is 2.40. The summed E-state index contributed by atoms with van der Waals surface area (Å²) in [5.74, 6) is 2.87. The molecule has 0 unspecified atom stereocenters. The van der Waals surface area contributed by atoms with Crippen LogP contribution in [0.15, 0.2) is 84.9 Å². The third-order valence-corrected chi connectivity index (χ3v) is 13.8. The molecule has 0 spiro atoms. The molecular formula is C51H57ClN2O4. The predicted molar refractivity (Wildman–Crippen MR) is 238 cm³/mol. The lowest BCUT2D eigenvalue weighted by atomic mass is 9.63. The van der Waals surface area contributed by atoms with Gasteiger partial charge in [-0.15, -0.1) is 0 Å². The van der Waals surface area contributed by atoms with Crippen molar-refractivity contribution in [1.29, 1.82) is 0 Å². The van der Waals surface area contributed by atoms with E-state index in [2.05, 4.69) is 133 Å². The van der Waals surface area contributed by atoms with Crippen LogP contribution in [0.5, 0.6) is 23.0 Å². The maximum Gasteiger partial charge on any atom is 0.163 e. The Morgan fingerprint density at radius 3 is 1.14 bits per heavy atom. The molecule has 0 aromatic heterocycles. The van der Waals surface area contributed by atoms with E-state index in [4.69, 9.17) is 30.5 Å². The first-order valence-electron chi connectivity index (χ1n) is 21.0. The van der Waals surface area contributed by atoms with Crippen LogP contribution < -0.4 is 28.7 Å².